The maximum atomic E-state index is 3.58. The van der Waals surface area contributed by atoms with Crippen LogP contribution >= 0.6 is 43.2 Å². The molecule has 1 nitrogen and oxygen atoms in total. The summed E-state index contributed by atoms with van der Waals surface area (Å²) in [6.45, 7) is 1.13. The summed E-state index contributed by atoms with van der Waals surface area (Å²) in [5.41, 5.74) is 1.44. The fraction of sp³-hybridized carbons (Fsp3) is 0.600. The Hall–Kier alpha value is 0.620. The zero-order chi connectivity index (χ0) is 10.4. The Morgan fingerprint density at radius 3 is 2.64 bits per heavy atom. The molecule has 0 amide bonds. The summed E-state index contributed by atoms with van der Waals surface area (Å²) >= 11 is 8.83. The lowest BCUT2D eigenvalue weighted by molar-refractivity contribution is 0.642. The van der Waals surface area contributed by atoms with Crippen molar-refractivity contribution in [3.63, 3.8) is 0 Å². The molecule has 1 heterocycles. The number of rotatable bonds is 6. The molecule has 80 valence electrons. The average molecular weight is 341 g/mol. The van der Waals surface area contributed by atoms with Gasteiger partial charge in [-0.15, -0.1) is 11.3 Å². The monoisotopic (exact) mass is 339 g/mol. The van der Waals surface area contributed by atoms with Crippen molar-refractivity contribution in [1.29, 1.82) is 0 Å². The number of halogens is 2. The van der Waals surface area contributed by atoms with Crippen LogP contribution in [0, 0.1) is 0 Å². The Labute approximate surface area is 107 Å². The zero-order valence-corrected chi connectivity index (χ0v) is 12.3. The third kappa shape index (κ3) is 4.43. The molecule has 0 aromatic carbocycles. The van der Waals surface area contributed by atoms with Crippen molar-refractivity contribution in [3.05, 3.63) is 19.2 Å². The fourth-order valence-electron chi connectivity index (χ4n) is 1.34. The molecule has 0 aliphatic carbocycles. The summed E-state index contributed by atoms with van der Waals surface area (Å²) in [5.74, 6) is 0. The minimum atomic E-state index is 1.13. The zero-order valence-electron chi connectivity index (χ0n) is 8.28. The van der Waals surface area contributed by atoms with E-state index >= 15 is 0 Å². The number of thiophene rings is 1. The van der Waals surface area contributed by atoms with Crippen molar-refractivity contribution in [2.45, 2.75) is 25.7 Å². The van der Waals surface area contributed by atoms with Gasteiger partial charge in [0.1, 0.15) is 0 Å². The molecular weight excluding hydrogens is 326 g/mol. The first-order chi connectivity index (χ1) is 6.74. The lowest BCUT2D eigenvalue weighted by Crippen LogP contribution is -2.07. The van der Waals surface area contributed by atoms with Crippen molar-refractivity contribution in [2.75, 3.05) is 13.6 Å². The SMILES string of the molecule is CNCCCCCc1cc(Br)sc1Br. The van der Waals surface area contributed by atoms with Gasteiger partial charge in [0.15, 0.2) is 0 Å². The van der Waals surface area contributed by atoms with Gasteiger partial charge in [-0.2, -0.15) is 0 Å². The van der Waals surface area contributed by atoms with Crippen LogP contribution in [0.4, 0.5) is 0 Å². The van der Waals surface area contributed by atoms with Crippen LogP contribution < -0.4 is 5.32 Å². The van der Waals surface area contributed by atoms with Crippen LogP contribution in [0.25, 0.3) is 0 Å². The Balaban J connectivity index is 2.21. The van der Waals surface area contributed by atoms with E-state index in [1.165, 1.54) is 38.8 Å². The highest BCUT2D eigenvalue weighted by Gasteiger charge is 2.04. The molecule has 1 N–H and O–H groups in total. The van der Waals surface area contributed by atoms with Crippen molar-refractivity contribution >= 4 is 43.2 Å². The minimum Gasteiger partial charge on any atom is -0.320 e. The fourth-order valence-corrected chi connectivity index (χ4v) is 4.25. The lowest BCUT2D eigenvalue weighted by atomic mass is 10.1. The van der Waals surface area contributed by atoms with Gasteiger partial charge in [-0.1, -0.05) is 6.42 Å². The normalized spacial score (nSPS) is 10.8. The summed E-state index contributed by atoms with van der Waals surface area (Å²) in [6.07, 6.45) is 5.05. The Morgan fingerprint density at radius 2 is 2.07 bits per heavy atom. The van der Waals surface area contributed by atoms with E-state index in [2.05, 4.69) is 43.2 Å². The topological polar surface area (TPSA) is 12.0 Å². The molecule has 4 heteroatoms. The number of unbranched alkanes of at least 4 members (excludes halogenated alkanes) is 2. The number of aryl methyl sites for hydroxylation is 1. The van der Waals surface area contributed by atoms with Crippen LogP contribution in [0.15, 0.2) is 13.6 Å². The molecule has 0 atom stereocenters. The molecule has 0 radical (unpaired) electrons. The van der Waals surface area contributed by atoms with E-state index in [-0.39, 0.29) is 0 Å². The first-order valence-corrected chi connectivity index (χ1v) is 7.22. The molecule has 1 aromatic rings. The predicted molar refractivity (Wildman–Crippen MR) is 71.2 cm³/mol. The van der Waals surface area contributed by atoms with Gasteiger partial charge in [-0.25, -0.2) is 0 Å². The van der Waals surface area contributed by atoms with Crippen molar-refractivity contribution in [1.82, 2.24) is 5.32 Å². The highest BCUT2D eigenvalue weighted by atomic mass is 79.9. The van der Waals surface area contributed by atoms with Gasteiger partial charge in [0, 0.05) is 0 Å². The van der Waals surface area contributed by atoms with Crippen LogP contribution in [0.3, 0.4) is 0 Å². The van der Waals surface area contributed by atoms with Gasteiger partial charge >= 0.3 is 0 Å². The van der Waals surface area contributed by atoms with E-state index in [1.807, 2.05) is 7.05 Å². The summed E-state index contributed by atoms with van der Waals surface area (Å²) < 4.78 is 2.49. The molecule has 0 aliphatic rings. The molecule has 0 aliphatic heterocycles. The first kappa shape index (κ1) is 12.7. The highest BCUT2D eigenvalue weighted by Crippen LogP contribution is 2.32. The number of hydrogen-bond donors (Lipinski definition) is 1. The molecule has 0 fully saturated rings. The summed E-state index contributed by atoms with van der Waals surface area (Å²) in [6, 6.07) is 2.22. The first-order valence-electron chi connectivity index (χ1n) is 4.82. The second-order valence-electron chi connectivity index (χ2n) is 3.26. The lowest BCUT2D eigenvalue weighted by Gasteiger charge is -2.00. The summed E-state index contributed by atoms with van der Waals surface area (Å²) in [5, 5.41) is 3.17. The Kier molecular flexibility index (Phi) is 6.33. The van der Waals surface area contributed by atoms with Crippen LogP contribution in [-0.4, -0.2) is 13.6 Å². The van der Waals surface area contributed by atoms with E-state index in [4.69, 9.17) is 0 Å². The molecule has 0 spiro atoms. The second-order valence-corrected chi connectivity index (χ2v) is 7.01. The van der Waals surface area contributed by atoms with Gasteiger partial charge in [0.05, 0.1) is 7.57 Å². The maximum absolute atomic E-state index is 3.58. The van der Waals surface area contributed by atoms with Gasteiger partial charge in [-0.3, -0.25) is 0 Å². The molecule has 14 heavy (non-hydrogen) atoms. The standard InChI is InChI=1S/C10H15Br2NS/c1-13-6-4-2-3-5-8-7-9(11)14-10(8)12/h7,13H,2-6H2,1H3. The molecule has 0 unspecified atom stereocenters. The minimum absolute atomic E-state index is 1.13. The highest BCUT2D eigenvalue weighted by molar-refractivity contribution is 9.12. The van der Waals surface area contributed by atoms with E-state index in [0.29, 0.717) is 0 Å². The van der Waals surface area contributed by atoms with E-state index in [9.17, 15) is 0 Å². The molecule has 0 saturated carbocycles. The third-order valence-electron chi connectivity index (χ3n) is 2.10. The maximum Gasteiger partial charge on any atom is 0.0742 e. The van der Waals surface area contributed by atoms with E-state index in [1.54, 1.807) is 11.3 Å². The predicted octanol–water partition coefficient (Wildman–Crippen LogP) is 4.21. The largest absolute Gasteiger partial charge is 0.320 e. The molecular formula is C10H15Br2NS. The van der Waals surface area contributed by atoms with Gasteiger partial charge in [0.25, 0.3) is 0 Å². The van der Waals surface area contributed by atoms with Gasteiger partial charge in [0.2, 0.25) is 0 Å². The summed E-state index contributed by atoms with van der Waals surface area (Å²) in [7, 11) is 2.01. The van der Waals surface area contributed by atoms with Crippen LogP contribution in [0.2, 0.25) is 0 Å². The Morgan fingerprint density at radius 1 is 1.29 bits per heavy atom. The van der Waals surface area contributed by atoms with E-state index in [0.717, 1.165) is 6.54 Å². The van der Waals surface area contributed by atoms with Gasteiger partial charge < -0.3 is 5.32 Å². The quantitative estimate of drug-likeness (QED) is 0.765. The van der Waals surface area contributed by atoms with Crippen molar-refractivity contribution in [3.8, 4) is 0 Å². The number of nitrogens with one attached hydrogen (secondary N) is 1. The molecule has 0 bridgehead atoms. The second kappa shape index (κ2) is 6.99. The van der Waals surface area contributed by atoms with Gasteiger partial charge in [-0.05, 0) is 76.3 Å². The van der Waals surface area contributed by atoms with Crippen molar-refractivity contribution < 1.29 is 0 Å². The third-order valence-corrected chi connectivity index (χ3v) is 4.56. The van der Waals surface area contributed by atoms with Crippen LogP contribution in [0.1, 0.15) is 24.8 Å². The van der Waals surface area contributed by atoms with Crippen molar-refractivity contribution in [2.24, 2.45) is 0 Å². The van der Waals surface area contributed by atoms with Crippen LogP contribution in [0.5, 0.6) is 0 Å². The van der Waals surface area contributed by atoms with Crippen LogP contribution in [-0.2, 0) is 6.42 Å². The summed E-state index contributed by atoms with van der Waals surface area (Å²) in [4.78, 5) is 0. The Bertz CT molecular complexity index is 273. The number of hydrogen-bond acceptors (Lipinski definition) is 2. The molecule has 0 saturated heterocycles. The average Bonchev–Trinajstić information content (AvgIpc) is 2.45. The smallest absolute Gasteiger partial charge is 0.0742 e. The molecule has 1 rings (SSSR count). The van der Waals surface area contributed by atoms with E-state index < -0.39 is 0 Å². The molecule has 1 aromatic heterocycles.